The van der Waals surface area contributed by atoms with Crippen LogP contribution in [-0.2, 0) is 16.0 Å². The molecule has 0 unspecified atom stereocenters. The van der Waals surface area contributed by atoms with Crippen LogP contribution in [0.2, 0.25) is 0 Å². The van der Waals surface area contributed by atoms with Crippen molar-refractivity contribution in [3.05, 3.63) is 75.5 Å². The van der Waals surface area contributed by atoms with Gasteiger partial charge in [-0.15, -0.1) is 0 Å². The molecule has 3 amide bonds. The molecule has 0 saturated carbocycles. The summed E-state index contributed by atoms with van der Waals surface area (Å²) < 4.78 is 19.9. The molecule has 1 aliphatic heterocycles. The Morgan fingerprint density at radius 2 is 1.69 bits per heavy atom. The van der Waals surface area contributed by atoms with Crippen LogP contribution in [0.4, 0.5) is 9.18 Å². The minimum Gasteiger partial charge on any atom is -0.444 e. The highest BCUT2D eigenvalue weighted by Crippen LogP contribution is 2.20. The fraction of sp³-hybridized carbons (Fsp3) is 0.393. The third kappa shape index (κ3) is 6.98. The number of alkyl carbamates (subject to hydrolysis) is 1. The first-order valence-electron chi connectivity index (χ1n) is 12.8. The smallest absolute Gasteiger partial charge is 0.407 e. The van der Waals surface area contributed by atoms with Crippen LogP contribution in [0.25, 0.3) is 10.8 Å². The van der Waals surface area contributed by atoms with Crippen LogP contribution >= 0.6 is 0 Å². The molecule has 0 spiro atoms. The van der Waals surface area contributed by atoms with E-state index in [0.717, 1.165) is 0 Å². The molecule has 10 nitrogen and oxygen atoms in total. The second-order valence-corrected chi connectivity index (χ2v) is 10.4. The Balaban J connectivity index is 1.35. The van der Waals surface area contributed by atoms with Gasteiger partial charge >= 0.3 is 6.09 Å². The monoisotopic (exact) mass is 537 g/mol. The number of rotatable bonds is 6. The molecule has 0 aliphatic carbocycles. The molecular formula is C28H32FN5O5. The van der Waals surface area contributed by atoms with E-state index < -0.39 is 23.4 Å². The molecule has 1 aliphatic rings. The molecule has 0 atom stereocenters. The molecule has 2 heterocycles. The second kappa shape index (κ2) is 11.6. The number of H-pyrrole nitrogens is 1. The van der Waals surface area contributed by atoms with E-state index >= 15 is 0 Å². The number of amides is 3. The Hall–Kier alpha value is -4.28. The first kappa shape index (κ1) is 27.7. The zero-order valence-corrected chi connectivity index (χ0v) is 22.3. The third-order valence-electron chi connectivity index (χ3n) is 6.33. The number of aromatic amines is 1. The summed E-state index contributed by atoms with van der Waals surface area (Å²) >= 11 is 0. The number of hydrogen-bond donors (Lipinski definition) is 2. The average molecular weight is 538 g/mol. The molecule has 2 aromatic carbocycles. The molecule has 4 rings (SSSR count). The molecule has 206 valence electrons. The lowest BCUT2D eigenvalue weighted by atomic mass is 10.0. The third-order valence-corrected chi connectivity index (χ3v) is 6.33. The van der Waals surface area contributed by atoms with E-state index in [1.54, 1.807) is 49.9 Å². The largest absolute Gasteiger partial charge is 0.444 e. The number of ether oxygens (including phenoxy) is 1. The van der Waals surface area contributed by atoms with Gasteiger partial charge in [0, 0.05) is 51.0 Å². The number of piperazine rings is 1. The summed E-state index contributed by atoms with van der Waals surface area (Å²) in [6, 6.07) is 11.5. The van der Waals surface area contributed by atoms with E-state index in [1.807, 2.05) is 6.07 Å². The van der Waals surface area contributed by atoms with Crippen molar-refractivity contribution in [3.8, 4) is 0 Å². The van der Waals surface area contributed by atoms with Gasteiger partial charge in [0.15, 0.2) is 0 Å². The lowest BCUT2D eigenvalue weighted by molar-refractivity contribution is -0.132. The highest BCUT2D eigenvalue weighted by atomic mass is 19.1. The van der Waals surface area contributed by atoms with Crippen molar-refractivity contribution in [2.45, 2.75) is 39.2 Å². The second-order valence-electron chi connectivity index (χ2n) is 10.4. The van der Waals surface area contributed by atoms with Gasteiger partial charge in [0.1, 0.15) is 11.4 Å². The van der Waals surface area contributed by atoms with Gasteiger partial charge in [-0.2, -0.15) is 5.10 Å². The van der Waals surface area contributed by atoms with E-state index in [4.69, 9.17) is 4.74 Å². The summed E-state index contributed by atoms with van der Waals surface area (Å²) in [4.78, 5) is 52.7. The number of halogens is 1. The Morgan fingerprint density at radius 1 is 1.03 bits per heavy atom. The van der Waals surface area contributed by atoms with Gasteiger partial charge in [-0.3, -0.25) is 14.4 Å². The minimum absolute atomic E-state index is 0.0532. The molecule has 11 heteroatoms. The van der Waals surface area contributed by atoms with Crippen LogP contribution in [0, 0.1) is 5.82 Å². The number of nitrogens with one attached hydrogen (secondary N) is 2. The number of nitrogens with zero attached hydrogens (tertiary/aromatic N) is 3. The summed E-state index contributed by atoms with van der Waals surface area (Å²) in [6.45, 7) is 6.56. The average Bonchev–Trinajstić information content (AvgIpc) is 2.90. The number of benzene rings is 2. The number of aromatic nitrogens is 2. The molecule has 1 fully saturated rings. The zero-order valence-electron chi connectivity index (χ0n) is 22.3. The maximum Gasteiger partial charge on any atom is 0.407 e. The lowest BCUT2D eigenvalue weighted by Gasteiger charge is -2.35. The van der Waals surface area contributed by atoms with Gasteiger partial charge in [-0.25, -0.2) is 14.3 Å². The van der Waals surface area contributed by atoms with Crippen molar-refractivity contribution < 1.29 is 23.5 Å². The van der Waals surface area contributed by atoms with Crippen LogP contribution in [0.1, 0.15) is 48.8 Å². The number of fused-ring (bicyclic) bond motifs is 1. The van der Waals surface area contributed by atoms with Gasteiger partial charge in [0.2, 0.25) is 5.91 Å². The van der Waals surface area contributed by atoms with Crippen molar-refractivity contribution in [2.24, 2.45) is 0 Å². The van der Waals surface area contributed by atoms with Crippen molar-refractivity contribution >= 4 is 28.7 Å². The summed E-state index contributed by atoms with van der Waals surface area (Å²) in [5, 5.41) is 10.4. The molecule has 0 bridgehead atoms. The van der Waals surface area contributed by atoms with Crippen LogP contribution in [0.5, 0.6) is 0 Å². The van der Waals surface area contributed by atoms with Crippen LogP contribution in [0.15, 0.2) is 47.3 Å². The van der Waals surface area contributed by atoms with Crippen molar-refractivity contribution in [1.82, 2.24) is 25.3 Å². The fourth-order valence-electron chi connectivity index (χ4n) is 4.42. The fourth-order valence-corrected chi connectivity index (χ4v) is 4.42. The standard InChI is InChI=1S/C28H32FN5O5/c1-28(2,3)39-27(38)30-11-10-24(35)33-12-14-34(15-13-33)26(37)21-16-18(8-9-22(21)29)17-23-19-6-4-5-7-20(19)25(36)32-31-23/h4-9,16H,10-15,17H2,1-3H3,(H,30,38)(H,32,36). The number of hydrogen-bond acceptors (Lipinski definition) is 6. The van der Waals surface area contributed by atoms with Gasteiger partial charge in [-0.05, 0) is 44.5 Å². The van der Waals surface area contributed by atoms with Gasteiger partial charge in [0.25, 0.3) is 11.5 Å². The number of carbonyl (C=O) groups is 3. The van der Waals surface area contributed by atoms with E-state index in [9.17, 15) is 23.6 Å². The lowest BCUT2D eigenvalue weighted by Crippen LogP contribution is -2.51. The van der Waals surface area contributed by atoms with Crippen molar-refractivity contribution in [2.75, 3.05) is 32.7 Å². The van der Waals surface area contributed by atoms with Crippen LogP contribution in [-0.4, -0.2) is 76.2 Å². The Labute approximate surface area is 225 Å². The van der Waals surface area contributed by atoms with Crippen molar-refractivity contribution in [3.63, 3.8) is 0 Å². The maximum atomic E-state index is 14.7. The number of carbonyl (C=O) groups excluding carboxylic acids is 3. The van der Waals surface area contributed by atoms with E-state index in [2.05, 4.69) is 15.5 Å². The summed E-state index contributed by atoms with van der Waals surface area (Å²) in [5.41, 5.74) is 0.325. The summed E-state index contributed by atoms with van der Waals surface area (Å²) in [6.07, 6.45) is -0.172. The van der Waals surface area contributed by atoms with Crippen LogP contribution in [0.3, 0.4) is 0 Å². The maximum absolute atomic E-state index is 14.7. The minimum atomic E-state index is -0.630. The zero-order chi connectivity index (χ0) is 28.2. The summed E-state index contributed by atoms with van der Waals surface area (Å²) in [7, 11) is 0. The van der Waals surface area contributed by atoms with E-state index in [-0.39, 0.29) is 43.1 Å². The van der Waals surface area contributed by atoms with E-state index in [0.29, 0.717) is 41.5 Å². The molecule has 1 saturated heterocycles. The molecule has 2 N–H and O–H groups in total. The van der Waals surface area contributed by atoms with E-state index in [1.165, 1.54) is 17.0 Å². The molecule has 39 heavy (non-hydrogen) atoms. The Morgan fingerprint density at radius 3 is 2.38 bits per heavy atom. The van der Waals surface area contributed by atoms with Crippen LogP contribution < -0.4 is 10.9 Å². The Kier molecular flexibility index (Phi) is 8.27. The highest BCUT2D eigenvalue weighted by Gasteiger charge is 2.27. The molecule has 0 radical (unpaired) electrons. The highest BCUT2D eigenvalue weighted by molar-refractivity contribution is 5.95. The predicted octanol–water partition coefficient (Wildman–Crippen LogP) is 2.85. The normalized spacial score (nSPS) is 13.8. The van der Waals surface area contributed by atoms with Gasteiger partial charge in [-0.1, -0.05) is 24.3 Å². The summed E-state index contributed by atoms with van der Waals surface area (Å²) in [5.74, 6) is -1.23. The first-order chi connectivity index (χ1) is 18.5. The Bertz CT molecular complexity index is 1440. The predicted molar refractivity (Wildman–Crippen MR) is 143 cm³/mol. The molecule has 1 aromatic heterocycles. The quantitative estimate of drug-likeness (QED) is 0.498. The van der Waals surface area contributed by atoms with Gasteiger partial charge < -0.3 is 19.9 Å². The topological polar surface area (TPSA) is 125 Å². The molecular weight excluding hydrogens is 505 g/mol. The van der Waals surface area contributed by atoms with Gasteiger partial charge in [0.05, 0.1) is 16.6 Å². The SMILES string of the molecule is CC(C)(C)OC(=O)NCCC(=O)N1CCN(C(=O)c2cc(Cc3n[nH]c(=O)c4ccccc34)ccc2F)CC1. The molecule has 3 aromatic rings. The van der Waals surface area contributed by atoms with Crippen molar-refractivity contribution in [1.29, 1.82) is 0 Å². The first-order valence-corrected chi connectivity index (χ1v) is 12.8.